The molecule has 2 heteroatoms. The van der Waals surface area contributed by atoms with Gasteiger partial charge in [0.15, 0.2) is 0 Å². The van der Waals surface area contributed by atoms with Gasteiger partial charge in [-0.05, 0) is 74.3 Å². The Hall–Kier alpha value is -1.33. The van der Waals surface area contributed by atoms with Gasteiger partial charge in [0, 0.05) is 5.41 Å². The highest BCUT2D eigenvalue weighted by atomic mass is 16.3. The number of aryl methyl sites for hydroxylation is 2. The average Bonchev–Trinajstić information content (AvgIpc) is 2.79. The molecule has 122 valence electrons. The first-order valence-corrected chi connectivity index (χ1v) is 9.17. The highest BCUT2D eigenvalue weighted by Crippen LogP contribution is 2.64. The minimum absolute atomic E-state index is 0.0634. The molecule has 2 nitrogen and oxygen atoms in total. The van der Waals surface area contributed by atoms with E-state index in [9.17, 15) is 10.4 Å². The smallest absolute Gasteiger partial charge is 0.0833 e. The molecule has 0 radical (unpaired) electrons. The van der Waals surface area contributed by atoms with Crippen LogP contribution in [-0.4, -0.2) is 10.7 Å². The topological polar surface area (TPSA) is 44.0 Å². The quantitative estimate of drug-likeness (QED) is 0.830. The van der Waals surface area contributed by atoms with Crippen molar-refractivity contribution in [3.63, 3.8) is 0 Å². The second-order valence-corrected chi connectivity index (χ2v) is 8.48. The monoisotopic (exact) mass is 309 g/mol. The number of aliphatic hydroxyl groups is 1. The molecule has 1 N–H and O–H groups in total. The number of benzene rings is 1. The Morgan fingerprint density at radius 3 is 2.87 bits per heavy atom. The van der Waals surface area contributed by atoms with Crippen LogP contribution in [0.3, 0.4) is 0 Å². The van der Waals surface area contributed by atoms with E-state index >= 15 is 0 Å². The number of hydrogen-bond donors (Lipinski definition) is 1. The standard InChI is InChI=1S/C21H27NO/c1-14-3-5-16-15(13-14)4-6-18-17(16)7-9-20(2)19(18)8-10-21(20,23)11-12-22/h3,5,13,17-19,23H,4,6-11H2,1-2H3/t17-,18-,19+,20+,21-/m1/s1. The number of hydrogen-bond acceptors (Lipinski definition) is 2. The molecule has 0 bridgehead atoms. The summed E-state index contributed by atoms with van der Waals surface area (Å²) in [5.74, 6) is 1.94. The molecule has 2 fully saturated rings. The largest absolute Gasteiger partial charge is 0.388 e. The van der Waals surface area contributed by atoms with Crippen LogP contribution in [0, 0.1) is 35.5 Å². The van der Waals surface area contributed by atoms with E-state index in [4.69, 9.17) is 0 Å². The minimum Gasteiger partial charge on any atom is -0.388 e. The molecule has 5 atom stereocenters. The van der Waals surface area contributed by atoms with Crippen LogP contribution in [0.25, 0.3) is 0 Å². The van der Waals surface area contributed by atoms with Crippen LogP contribution >= 0.6 is 0 Å². The molecule has 3 aliphatic carbocycles. The van der Waals surface area contributed by atoms with Gasteiger partial charge in [-0.1, -0.05) is 30.7 Å². The average molecular weight is 309 g/mol. The maximum absolute atomic E-state index is 11.1. The minimum atomic E-state index is -0.759. The molecule has 2 saturated carbocycles. The van der Waals surface area contributed by atoms with Crippen LogP contribution in [0.15, 0.2) is 18.2 Å². The summed E-state index contributed by atoms with van der Waals surface area (Å²) in [6, 6.07) is 9.25. The van der Waals surface area contributed by atoms with E-state index in [1.807, 2.05) is 0 Å². The normalized spacial score (nSPS) is 41.6. The Kier molecular flexibility index (Phi) is 3.36. The van der Waals surface area contributed by atoms with Crippen LogP contribution in [0.4, 0.5) is 0 Å². The third-order valence-electron chi connectivity index (χ3n) is 7.58. The lowest BCUT2D eigenvalue weighted by atomic mass is 9.53. The molecule has 0 aromatic heterocycles. The first-order valence-electron chi connectivity index (χ1n) is 9.17. The van der Waals surface area contributed by atoms with Crippen LogP contribution in [-0.2, 0) is 6.42 Å². The summed E-state index contributed by atoms with van der Waals surface area (Å²) in [5.41, 5.74) is 3.67. The molecule has 3 aliphatic rings. The Bertz CT molecular complexity index is 675. The summed E-state index contributed by atoms with van der Waals surface area (Å²) < 4.78 is 0. The Balaban J connectivity index is 1.69. The maximum atomic E-state index is 11.1. The summed E-state index contributed by atoms with van der Waals surface area (Å²) in [5, 5.41) is 20.3. The Morgan fingerprint density at radius 2 is 2.09 bits per heavy atom. The van der Waals surface area contributed by atoms with Gasteiger partial charge in [0.25, 0.3) is 0 Å². The molecule has 1 aromatic rings. The third-order valence-corrected chi connectivity index (χ3v) is 7.58. The van der Waals surface area contributed by atoms with Crippen molar-refractivity contribution in [3.05, 3.63) is 34.9 Å². The van der Waals surface area contributed by atoms with Gasteiger partial charge < -0.3 is 5.11 Å². The summed E-state index contributed by atoms with van der Waals surface area (Å²) in [7, 11) is 0. The maximum Gasteiger partial charge on any atom is 0.0833 e. The van der Waals surface area contributed by atoms with E-state index in [0.29, 0.717) is 24.2 Å². The molecule has 0 amide bonds. The molecule has 0 heterocycles. The highest BCUT2D eigenvalue weighted by Gasteiger charge is 2.61. The number of rotatable bonds is 1. The molecule has 4 rings (SSSR count). The molecular weight excluding hydrogens is 282 g/mol. The van der Waals surface area contributed by atoms with Crippen LogP contribution < -0.4 is 0 Å². The molecule has 0 unspecified atom stereocenters. The van der Waals surface area contributed by atoms with E-state index < -0.39 is 5.60 Å². The highest BCUT2D eigenvalue weighted by molar-refractivity contribution is 5.38. The number of nitrogens with zero attached hydrogens (tertiary/aromatic N) is 1. The van der Waals surface area contributed by atoms with Gasteiger partial charge in [-0.25, -0.2) is 0 Å². The lowest BCUT2D eigenvalue weighted by Gasteiger charge is -2.53. The van der Waals surface area contributed by atoms with Gasteiger partial charge in [0.05, 0.1) is 18.1 Å². The first kappa shape index (κ1) is 15.2. The van der Waals surface area contributed by atoms with Gasteiger partial charge in [-0.2, -0.15) is 5.26 Å². The van der Waals surface area contributed by atoms with Crippen molar-refractivity contribution in [2.24, 2.45) is 17.3 Å². The fourth-order valence-corrected chi connectivity index (χ4v) is 6.24. The summed E-state index contributed by atoms with van der Waals surface area (Å²) >= 11 is 0. The molecule has 0 saturated heterocycles. The first-order chi connectivity index (χ1) is 11.0. The van der Waals surface area contributed by atoms with Crippen molar-refractivity contribution in [3.8, 4) is 6.07 Å². The lowest BCUT2D eigenvalue weighted by Crippen LogP contribution is -2.50. The second kappa shape index (κ2) is 5.08. The lowest BCUT2D eigenvalue weighted by molar-refractivity contribution is -0.0992. The van der Waals surface area contributed by atoms with Gasteiger partial charge in [0.2, 0.25) is 0 Å². The second-order valence-electron chi connectivity index (χ2n) is 8.48. The summed E-state index contributed by atoms with van der Waals surface area (Å²) in [6.07, 6.45) is 6.87. The van der Waals surface area contributed by atoms with Crippen molar-refractivity contribution in [2.45, 2.75) is 70.3 Å². The third kappa shape index (κ3) is 2.02. The van der Waals surface area contributed by atoms with Crippen molar-refractivity contribution in [2.75, 3.05) is 0 Å². The van der Waals surface area contributed by atoms with Gasteiger partial charge in [-0.15, -0.1) is 0 Å². The molecule has 23 heavy (non-hydrogen) atoms. The Morgan fingerprint density at radius 1 is 1.26 bits per heavy atom. The van der Waals surface area contributed by atoms with Crippen LogP contribution in [0.5, 0.6) is 0 Å². The van der Waals surface area contributed by atoms with Gasteiger partial charge in [-0.3, -0.25) is 0 Å². The van der Waals surface area contributed by atoms with Crippen molar-refractivity contribution in [1.29, 1.82) is 5.26 Å². The van der Waals surface area contributed by atoms with E-state index in [-0.39, 0.29) is 5.41 Å². The zero-order valence-corrected chi connectivity index (χ0v) is 14.3. The zero-order chi connectivity index (χ0) is 16.2. The van der Waals surface area contributed by atoms with Crippen LogP contribution in [0.2, 0.25) is 0 Å². The van der Waals surface area contributed by atoms with E-state index in [1.165, 1.54) is 24.8 Å². The fraction of sp³-hybridized carbons (Fsp3) is 0.667. The van der Waals surface area contributed by atoms with Crippen LogP contribution in [0.1, 0.15) is 68.1 Å². The summed E-state index contributed by atoms with van der Waals surface area (Å²) in [6.45, 7) is 4.45. The summed E-state index contributed by atoms with van der Waals surface area (Å²) in [4.78, 5) is 0. The number of fused-ring (bicyclic) bond motifs is 5. The van der Waals surface area contributed by atoms with Crippen molar-refractivity contribution < 1.29 is 5.11 Å². The molecule has 0 aliphatic heterocycles. The molecule has 0 spiro atoms. The number of nitriles is 1. The van der Waals surface area contributed by atoms with Crippen molar-refractivity contribution in [1.82, 2.24) is 0 Å². The molecule has 1 aromatic carbocycles. The predicted octanol–water partition coefficient (Wildman–Crippen LogP) is 4.50. The van der Waals surface area contributed by atoms with E-state index in [0.717, 1.165) is 19.3 Å². The fourth-order valence-electron chi connectivity index (χ4n) is 6.24. The Labute approximate surface area is 139 Å². The zero-order valence-electron chi connectivity index (χ0n) is 14.3. The van der Waals surface area contributed by atoms with Crippen molar-refractivity contribution >= 4 is 0 Å². The van der Waals surface area contributed by atoms with E-state index in [2.05, 4.69) is 38.1 Å². The van der Waals surface area contributed by atoms with E-state index in [1.54, 1.807) is 11.1 Å². The SMILES string of the molecule is Cc1ccc2c(c1)CC[C@@H]1[C@@H]2CC[C@@]2(C)[C@H]1CC[C@@]2(O)CC#N. The molecular formula is C21H27NO. The predicted molar refractivity (Wildman–Crippen MR) is 91.0 cm³/mol. The van der Waals surface area contributed by atoms with Gasteiger partial charge >= 0.3 is 0 Å². The van der Waals surface area contributed by atoms with Gasteiger partial charge in [0.1, 0.15) is 0 Å².